The smallest absolute Gasteiger partial charge is 0.407 e. The van der Waals surface area contributed by atoms with E-state index in [1.165, 1.54) is 11.0 Å². The lowest BCUT2D eigenvalue weighted by Gasteiger charge is -2.30. The van der Waals surface area contributed by atoms with Crippen molar-refractivity contribution in [2.24, 2.45) is 0 Å². The summed E-state index contributed by atoms with van der Waals surface area (Å²) in [5, 5.41) is 25.6. The van der Waals surface area contributed by atoms with Crippen molar-refractivity contribution in [2.45, 2.75) is 77.9 Å². The van der Waals surface area contributed by atoms with Crippen LogP contribution in [0.15, 0.2) is 18.2 Å². The Bertz CT molecular complexity index is 1300. The number of non-ortho nitro benzene ring substituents is 1. The van der Waals surface area contributed by atoms with E-state index < -0.39 is 73.9 Å². The van der Waals surface area contributed by atoms with Gasteiger partial charge in [-0.05, 0) is 65.2 Å². The summed E-state index contributed by atoms with van der Waals surface area (Å²) in [4.78, 5) is 37.6. The Morgan fingerprint density at radius 1 is 0.955 bits per heavy atom. The van der Waals surface area contributed by atoms with Gasteiger partial charge >= 0.3 is 12.1 Å². The number of alkyl carbamates (subject to hydrolysis) is 1. The first kappa shape index (κ1) is 39.1. The molecule has 44 heavy (non-hydrogen) atoms. The lowest BCUT2D eigenvalue weighted by molar-refractivity contribution is -0.384. The normalized spacial score (nSPS) is 14.1. The number of carbonyl (C=O) groups is 2. The van der Waals surface area contributed by atoms with Gasteiger partial charge in [0.2, 0.25) is 0 Å². The molecule has 0 fully saturated rings. The van der Waals surface area contributed by atoms with Crippen LogP contribution >= 0.6 is 0 Å². The number of esters is 1. The zero-order valence-corrected chi connectivity index (χ0v) is 27.8. The fourth-order valence-electron chi connectivity index (χ4n) is 3.80. The van der Waals surface area contributed by atoms with Crippen LogP contribution in [0.2, 0.25) is 0 Å². The van der Waals surface area contributed by atoms with Crippen molar-refractivity contribution < 1.29 is 54.3 Å². The SMILES string of the molecule is CC(C)(C)OC(=O)C[C@H](Cc1cc([N+](=O)[O-])ccc1[C@H](O)N(CCOS(C)(=O)=O)CCOS(C)(=O)=O)NC(=O)OC(C)(C)C. The zero-order chi connectivity index (χ0) is 34.1. The minimum Gasteiger partial charge on any atom is -0.460 e. The Hall–Kier alpha value is -2.90. The molecular formula is C26H43N3O13S2. The molecule has 0 aliphatic rings. The summed E-state index contributed by atoms with van der Waals surface area (Å²) in [5.41, 5.74) is -1.83. The van der Waals surface area contributed by atoms with E-state index in [-0.39, 0.29) is 42.7 Å². The molecule has 0 heterocycles. The topological polar surface area (TPSA) is 218 Å². The third-order valence-corrected chi connectivity index (χ3v) is 6.52. The van der Waals surface area contributed by atoms with Gasteiger partial charge in [0.1, 0.15) is 17.4 Å². The minimum atomic E-state index is -3.85. The number of nitrogens with one attached hydrogen (secondary N) is 1. The van der Waals surface area contributed by atoms with Crippen LogP contribution in [-0.4, -0.2) is 99.9 Å². The highest BCUT2D eigenvalue weighted by Crippen LogP contribution is 2.28. The summed E-state index contributed by atoms with van der Waals surface area (Å²) in [7, 11) is -7.70. The van der Waals surface area contributed by atoms with Crippen molar-refractivity contribution in [3.63, 3.8) is 0 Å². The van der Waals surface area contributed by atoms with E-state index >= 15 is 0 Å². The molecule has 0 saturated carbocycles. The maximum absolute atomic E-state index is 12.7. The molecule has 1 amide bonds. The first-order chi connectivity index (χ1) is 19.8. The van der Waals surface area contributed by atoms with Crippen LogP contribution in [-0.2, 0) is 49.3 Å². The maximum atomic E-state index is 12.7. The molecule has 0 unspecified atom stereocenters. The van der Waals surface area contributed by atoms with Crippen LogP contribution < -0.4 is 5.32 Å². The predicted octanol–water partition coefficient (Wildman–Crippen LogP) is 2.01. The largest absolute Gasteiger partial charge is 0.460 e. The lowest BCUT2D eigenvalue weighted by atomic mass is 9.96. The molecule has 0 aliphatic heterocycles. The molecule has 1 aromatic rings. The molecular weight excluding hydrogens is 626 g/mol. The average Bonchev–Trinajstić information content (AvgIpc) is 2.78. The number of nitro groups is 1. The van der Waals surface area contributed by atoms with Crippen molar-refractivity contribution in [3.05, 3.63) is 39.4 Å². The number of nitro benzene ring substituents is 1. The summed E-state index contributed by atoms with van der Waals surface area (Å²) < 4.78 is 66.1. The molecule has 0 bridgehead atoms. The van der Waals surface area contributed by atoms with Crippen LogP contribution in [0.5, 0.6) is 0 Å². The number of amides is 1. The fourth-order valence-corrected chi connectivity index (χ4v) is 4.55. The predicted molar refractivity (Wildman–Crippen MR) is 159 cm³/mol. The first-order valence-corrected chi connectivity index (χ1v) is 17.1. The highest BCUT2D eigenvalue weighted by molar-refractivity contribution is 7.86. The highest BCUT2D eigenvalue weighted by atomic mass is 32.2. The van der Waals surface area contributed by atoms with Crippen molar-refractivity contribution in [1.29, 1.82) is 0 Å². The monoisotopic (exact) mass is 669 g/mol. The Balaban J connectivity index is 3.51. The van der Waals surface area contributed by atoms with Gasteiger partial charge in [0.15, 0.2) is 0 Å². The van der Waals surface area contributed by atoms with Gasteiger partial charge in [-0.25, -0.2) is 4.79 Å². The van der Waals surface area contributed by atoms with Gasteiger partial charge < -0.3 is 19.9 Å². The molecule has 0 aliphatic carbocycles. The molecule has 0 spiro atoms. The second-order valence-corrected chi connectivity index (χ2v) is 15.2. The van der Waals surface area contributed by atoms with Crippen molar-refractivity contribution >= 4 is 38.0 Å². The first-order valence-electron chi connectivity index (χ1n) is 13.4. The van der Waals surface area contributed by atoms with Crippen LogP contribution in [0.3, 0.4) is 0 Å². The number of hydrogen-bond donors (Lipinski definition) is 2. The number of rotatable bonds is 16. The standard InChI is InChI=1S/C26H43N3O13S2/c1-25(2,3)41-22(30)17-19(27-24(32)42-26(4,5)6)15-18-16-20(29(33)34)9-10-21(18)23(31)28(11-13-39-43(7,35)36)12-14-40-44(8,37)38/h9-10,16,19,23,31H,11-15,17H2,1-8H3,(H,27,32)/t19-,23-/m0/s1. The minimum absolute atomic E-state index is 0.0921. The molecule has 0 saturated heterocycles. The number of benzene rings is 1. The zero-order valence-electron chi connectivity index (χ0n) is 26.2. The quantitative estimate of drug-likeness (QED) is 0.0846. The number of nitrogens with zero attached hydrogens (tertiary/aromatic N) is 2. The van der Waals surface area contributed by atoms with Crippen LogP contribution in [0.1, 0.15) is 65.3 Å². The Morgan fingerprint density at radius 3 is 1.89 bits per heavy atom. The summed E-state index contributed by atoms with van der Waals surface area (Å²) in [6, 6.07) is 2.54. The molecule has 2 N–H and O–H groups in total. The van der Waals surface area contributed by atoms with Gasteiger partial charge in [-0.15, -0.1) is 0 Å². The van der Waals surface area contributed by atoms with E-state index in [1.54, 1.807) is 41.5 Å². The van der Waals surface area contributed by atoms with E-state index in [9.17, 15) is 41.6 Å². The Morgan fingerprint density at radius 2 is 1.45 bits per heavy atom. The van der Waals surface area contributed by atoms with Crippen molar-refractivity contribution in [2.75, 3.05) is 38.8 Å². The number of aliphatic hydroxyl groups excluding tert-OH is 1. The average molecular weight is 670 g/mol. The molecule has 2 atom stereocenters. The molecule has 16 nitrogen and oxygen atoms in total. The summed E-state index contributed by atoms with van der Waals surface area (Å²) >= 11 is 0. The summed E-state index contributed by atoms with van der Waals surface area (Å²) in [6.07, 6.45) is -1.35. The van der Waals surface area contributed by atoms with E-state index in [4.69, 9.17) is 17.8 Å². The number of aliphatic hydroxyl groups is 1. The molecule has 1 rings (SSSR count). The summed E-state index contributed by atoms with van der Waals surface area (Å²) in [6.45, 7) is 8.60. The van der Waals surface area contributed by atoms with Gasteiger partial charge in [0, 0.05) is 31.3 Å². The number of carbonyl (C=O) groups excluding carboxylic acids is 2. The van der Waals surface area contributed by atoms with Crippen LogP contribution in [0, 0.1) is 10.1 Å². The second-order valence-electron chi connectivity index (χ2n) is 11.9. The highest BCUT2D eigenvalue weighted by Gasteiger charge is 2.28. The van der Waals surface area contributed by atoms with Gasteiger partial charge in [0.05, 0.1) is 37.1 Å². The third kappa shape index (κ3) is 16.8. The van der Waals surface area contributed by atoms with Gasteiger partial charge in [0.25, 0.3) is 25.9 Å². The molecule has 0 radical (unpaired) electrons. The molecule has 252 valence electrons. The number of ether oxygens (including phenoxy) is 2. The van der Waals surface area contributed by atoms with E-state index in [0.717, 1.165) is 24.6 Å². The molecule has 1 aromatic carbocycles. The summed E-state index contributed by atoms with van der Waals surface area (Å²) in [5.74, 6) is -0.677. The van der Waals surface area contributed by atoms with Crippen LogP contribution in [0.25, 0.3) is 0 Å². The van der Waals surface area contributed by atoms with Gasteiger partial charge in [-0.1, -0.05) is 0 Å². The van der Waals surface area contributed by atoms with E-state index in [2.05, 4.69) is 5.32 Å². The Kier molecular flexibility index (Phi) is 14.1. The van der Waals surface area contributed by atoms with E-state index in [0.29, 0.717) is 0 Å². The molecule has 0 aromatic heterocycles. The fraction of sp³-hybridized carbons (Fsp3) is 0.692. The van der Waals surface area contributed by atoms with Gasteiger partial charge in [-0.2, -0.15) is 16.8 Å². The van der Waals surface area contributed by atoms with Crippen LogP contribution in [0.4, 0.5) is 10.5 Å². The lowest BCUT2D eigenvalue weighted by Crippen LogP contribution is -2.42. The van der Waals surface area contributed by atoms with E-state index in [1.807, 2.05) is 0 Å². The van der Waals surface area contributed by atoms with Crippen molar-refractivity contribution in [3.8, 4) is 0 Å². The second kappa shape index (κ2) is 15.9. The number of hydrogen-bond acceptors (Lipinski definition) is 14. The van der Waals surface area contributed by atoms with Gasteiger partial charge in [-0.3, -0.25) is 28.2 Å². The third-order valence-electron chi connectivity index (χ3n) is 5.33. The maximum Gasteiger partial charge on any atom is 0.407 e. The molecule has 18 heteroatoms. The Labute approximate surface area is 258 Å². The van der Waals surface area contributed by atoms with Crippen molar-refractivity contribution in [1.82, 2.24) is 10.2 Å².